The minimum absolute atomic E-state index is 0.0921. The minimum Gasteiger partial charge on any atom is -0.465 e. The Morgan fingerprint density at radius 2 is 2.06 bits per heavy atom. The van der Waals surface area contributed by atoms with E-state index in [2.05, 4.69) is 20.4 Å². The summed E-state index contributed by atoms with van der Waals surface area (Å²) in [7, 11) is 1.40. The van der Waals surface area contributed by atoms with Gasteiger partial charge in [-0.1, -0.05) is 0 Å². The van der Waals surface area contributed by atoms with Crippen LogP contribution in [-0.4, -0.2) is 52.9 Å². The van der Waals surface area contributed by atoms with E-state index >= 15 is 0 Å². The Kier molecular flexibility index (Phi) is 3.54. The van der Waals surface area contributed by atoms with Crippen LogP contribution in [0.5, 0.6) is 0 Å². The van der Waals surface area contributed by atoms with E-state index in [9.17, 15) is 4.79 Å². The first-order valence-corrected chi connectivity index (χ1v) is 11.8. The number of tetrazole rings is 1. The highest BCUT2D eigenvalue weighted by Crippen LogP contribution is 2.64. The smallest absolute Gasteiger partial charge is 0.348 e. The van der Waals surface area contributed by atoms with Crippen LogP contribution in [0.15, 0.2) is 12.7 Å². The number of aryl methyl sites for hydroxylation is 1. The molecule has 0 radical (unpaired) electrons. The van der Waals surface area contributed by atoms with Gasteiger partial charge in [0.25, 0.3) is 0 Å². The van der Waals surface area contributed by atoms with Crippen LogP contribution < -0.4 is 0 Å². The SMILES string of the molecule is COC(=O)c1sc2ncn3nc(C45C[C@H]6C[C@H](C4)CC(n4ncnn4)(C6)C5)nc3c2c1C. The van der Waals surface area contributed by atoms with Crippen molar-refractivity contribution in [1.82, 2.24) is 39.8 Å². The lowest BCUT2D eigenvalue weighted by Crippen LogP contribution is -2.59. The summed E-state index contributed by atoms with van der Waals surface area (Å²) in [5.74, 6) is 1.80. The van der Waals surface area contributed by atoms with Crippen molar-refractivity contribution >= 4 is 33.2 Å². The van der Waals surface area contributed by atoms with E-state index in [1.807, 2.05) is 11.7 Å². The first kappa shape index (κ1) is 18.6. The van der Waals surface area contributed by atoms with Gasteiger partial charge in [0.2, 0.25) is 0 Å². The molecule has 0 amide bonds. The highest BCUT2D eigenvalue weighted by molar-refractivity contribution is 7.20. The summed E-state index contributed by atoms with van der Waals surface area (Å²) in [4.78, 5) is 25.1. The van der Waals surface area contributed by atoms with Gasteiger partial charge in [-0.3, -0.25) is 0 Å². The van der Waals surface area contributed by atoms with Crippen molar-refractivity contribution in [2.75, 3.05) is 7.11 Å². The van der Waals surface area contributed by atoms with Crippen molar-refractivity contribution < 1.29 is 9.53 Å². The van der Waals surface area contributed by atoms with Crippen LogP contribution in [0.4, 0.5) is 0 Å². The second kappa shape index (κ2) is 6.09. The maximum Gasteiger partial charge on any atom is 0.348 e. The normalized spacial score (nSPS) is 31.1. The van der Waals surface area contributed by atoms with Crippen LogP contribution >= 0.6 is 11.3 Å². The largest absolute Gasteiger partial charge is 0.465 e. The molecule has 4 saturated carbocycles. The molecular formula is C21H22N8O2S. The predicted octanol–water partition coefficient (Wildman–Crippen LogP) is 2.67. The van der Waals surface area contributed by atoms with Gasteiger partial charge < -0.3 is 4.74 Å². The molecule has 4 fully saturated rings. The predicted molar refractivity (Wildman–Crippen MR) is 114 cm³/mol. The van der Waals surface area contributed by atoms with Crippen LogP contribution in [0.1, 0.15) is 59.6 Å². The summed E-state index contributed by atoms with van der Waals surface area (Å²) in [5.41, 5.74) is 1.42. The Balaban J connectivity index is 1.39. The highest BCUT2D eigenvalue weighted by Gasteiger charge is 2.61. The number of fused-ring (bicyclic) bond motifs is 3. The fourth-order valence-corrected chi connectivity index (χ4v) is 8.20. The van der Waals surface area contributed by atoms with Gasteiger partial charge in [-0.05, 0) is 68.1 Å². The third-order valence-corrected chi connectivity index (χ3v) is 9.10. The zero-order valence-electron chi connectivity index (χ0n) is 17.9. The fraction of sp³-hybridized carbons (Fsp3) is 0.571. The molecule has 164 valence electrons. The fourth-order valence-electron chi connectivity index (χ4n) is 7.14. The lowest BCUT2D eigenvalue weighted by atomic mass is 9.46. The van der Waals surface area contributed by atoms with Gasteiger partial charge in [-0.15, -0.1) is 26.6 Å². The standard InChI is InChI=1S/C21H22N8O2S/c1-11-14-16-25-19(26-28(16)10-22-17(14)32-15(11)18(30)31-2)20-4-12-3-13(5-20)7-21(6-12,8-20)29-24-9-23-27-29/h9-10,12-13H,3-8H2,1-2H3/t12-,13-,20?,21?/m1/s1. The molecule has 0 aromatic carbocycles. The molecule has 4 aromatic heterocycles. The molecule has 4 heterocycles. The third-order valence-electron chi connectivity index (χ3n) is 7.92. The Labute approximate surface area is 187 Å². The first-order valence-electron chi connectivity index (χ1n) is 11.0. The van der Waals surface area contributed by atoms with E-state index in [-0.39, 0.29) is 16.9 Å². The number of ether oxygens (including phenoxy) is 1. The monoisotopic (exact) mass is 450 g/mol. The van der Waals surface area contributed by atoms with Crippen molar-refractivity contribution in [3.05, 3.63) is 28.9 Å². The summed E-state index contributed by atoms with van der Waals surface area (Å²) in [5, 5.41) is 18.6. The van der Waals surface area contributed by atoms with Gasteiger partial charge in [-0.2, -0.15) is 4.80 Å². The zero-order chi connectivity index (χ0) is 21.7. The molecular weight excluding hydrogens is 428 g/mol. The molecule has 4 aliphatic rings. The summed E-state index contributed by atoms with van der Waals surface area (Å²) >= 11 is 1.34. The van der Waals surface area contributed by atoms with Crippen molar-refractivity contribution in [3.8, 4) is 0 Å². The van der Waals surface area contributed by atoms with E-state index in [0.29, 0.717) is 16.7 Å². The molecule has 0 aliphatic heterocycles. The number of aromatic nitrogens is 8. The van der Waals surface area contributed by atoms with E-state index in [4.69, 9.17) is 14.8 Å². The molecule has 0 saturated heterocycles. The van der Waals surface area contributed by atoms with E-state index in [1.165, 1.54) is 31.2 Å². The number of esters is 1. The van der Waals surface area contributed by atoms with Crippen LogP contribution in [0, 0.1) is 18.8 Å². The van der Waals surface area contributed by atoms with Crippen LogP contribution in [0.3, 0.4) is 0 Å². The maximum absolute atomic E-state index is 12.2. The van der Waals surface area contributed by atoms with Crippen LogP contribution in [-0.2, 0) is 15.7 Å². The number of rotatable bonds is 3. The van der Waals surface area contributed by atoms with Gasteiger partial charge in [0.05, 0.1) is 18.0 Å². The number of carbonyl (C=O) groups is 1. The number of nitrogens with zero attached hydrogens (tertiary/aromatic N) is 8. The van der Waals surface area contributed by atoms with Crippen molar-refractivity contribution in [2.24, 2.45) is 11.8 Å². The van der Waals surface area contributed by atoms with Gasteiger partial charge in [0.15, 0.2) is 17.8 Å². The summed E-state index contributed by atoms with van der Waals surface area (Å²) in [6.07, 6.45) is 9.86. The Morgan fingerprint density at radius 1 is 1.25 bits per heavy atom. The topological polar surface area (TPSA) is 113 Å². The maximum atomic E-state index is 12.2. The number of hydrogen-bond donors (Lipinski definition) is 0. The number of carbonyl (C=O) groups excluding carboxylic acids is 1. The molecule has 8 rings (SSSR count). The molecule has 0 spiro atoms. The second-order valence-corrected chi connectivity index (χ2v) is 10.9. The van der Waals surface area contributed by atoms with Crippen molar-refractivity contribution in [1.29, 1.82) is 0 Å². The third kappa shape index (κ3) is 2.31. The molecule has 4 bridgehead atoms. The van der Waals surface area contributed by atoms with Crippen LogP contribution in [0.2, 0.25) is 0 Å². The van der Waals surface area contributed by atoms with Crippen LogP contribution in [0.25, 0.3) is 15.9 Å². The van der Waals surface area contributed by atoms with Gasteiger partial charge in [0, 0.05) is 5.41 Å². The first-order chi connectivity index (χ1) is 15.5. The number of methoxy groups -OCH3 is 1. The lowest BCUT2D eigenvalue weighted by Gasteiger charge is -2.60. The van der Waals surface area contributed by atoms with E-state index in [1.54, 1.807) is 10.8 Å². The molecule has 10 nitrogen and oxygen atoms in total. The zero-order valence-corrected chi connectivity index (χ0v) is 18.7. The average molecular weight is 451 g/mol. The Bertz CT molecular complexity index is 1380. The van der Waals surface area contributed by atoms with Crippen molar-refractivity contribution in [2.45, 2.75) is 56.4 Å². The highest BCUT2D eigenvalue weighted by atomic mass is 32.1. The van der Waals surface area contributed by atoms with Gasteiger partial charge in [0.1, 0.15) is 16.0 Å². The Morgan fingerprint density at radius 3 is 2.78 bits per heavy atom. The average Bonchev–Trinajstić information content (AvgIpc) is 3.51. The van der Waals surface area contributed by atoms with Gasteiger partial charge in [-0.25, -0.2) is 19.3 Å². The minimum atomic E-state index is -0.341. The molecule has 0 unspecified atom stereocenters. The van der Waals surface area contributed by atoms with Gasteiger partial charge >= 0.3 is 5.97 Å². The molecule has 32 heavy (non-hydrogen) atoms. The Hall–Kier alpha value is -2.95. The molecule has 4 aliphatic carbocycles. The number of thiophene rings is 1. The number of hydrogen-bond acceptors (Lipinski definition) is 9. The van der Waals surface area contributed by atoms with E-state index in [0.717, 1.165) is 59.4 Å². The summed E-state index contributed by atoms with van der Waals surface area (Å²) in [6, 6.07) is 0. The summed E-state index contributed by atoms with van der Waals surface area (Å²) in [6.45, 7) is 1.93. The molecule has 11 heteroatoms. The van der Waals surface area contributed by atoms with E-state index < -0.39 is 0 Å². The summed E-state index contributed by atoms with van der Waals surface area (Å²) < 4.78 is 6.73. The lowest BCUT2D eigenvalue weighted by molar-refractivity contribution is -0.0785. The molecule has 2 atom stereocenters. The quantitative estimate of drug-likeness (QED) is 0.438. The molecule has 0 N–H and O–H groups in total. The second-order valence-electron chi connectivity index (χ2n) is 9.87. The molecule has 4 aromatic rings. The van der Waals surface area contributed by atoms with Crippen molar-refractivity contribution in [3.63, 3.8) is 0 Å².